The summed E-state index contributed by atoms with van der Waals surface area (Å²) in [6.07, 6.45) is 2.14. The molecule has 1 saturated heterocycles. The number of carbonyl (C=O) groups excluding carboxylic acids is 1. The molecule has 12 heavy (non-hydrogen) atoms. The molecule has 1 rings (SSSR count). The number of hydrogen-bond donors (Lipinski definition) is 2. The molecular weight excluding hydrogens is 152 g/mol. The van der Waals surface area contributed by atoms with Crippen molar-refractivity contribution in [2.24, 2.45) is 5.92 Å². The zero-order valence-electron chi connectivity index (χ0n) is 7.89. The Bertz CT molecular complexity index is 159. The van der Waals surface area contributed by atoms with Gasteiger partial charge < -0.3 is 10.6 Å². The average Bonchev–Trinajstić information content (AvgIpc) is 2.05. The van der Waals surface area contributed by atoms with Gasteiger partial charge in [0.1, 0.15) is 0 Å². The van der Waals surface area contributed by atoms with Crippen LogP contribution in [0.15, 0.2) is 0 Å². The Morgan fingerprint density at radius 3 is 3.00 bits per heavy atom. The second-order valence-electron chi connectivity index (χ2n) is 3.39. The van der Waals surface area contributed by atoms with Crippen molar-refractivity contribution in [1.29, 1.82) is 0 Å². The Kier molecular flexibility index (Phi) is 3.53. The van der Waals surface area contributed by atoms with Crippen molar-refractivity contribution in [1.82, 2.24) is 10.6 Å². The molecule has 1 fully saturated rings. The van der Waals surface area contributed by atoms with Gasteiger partial charge in [-0.3, -0.25) is 4.79 Å². The molecule has 0 spiro atoms. The minimum atomic E-state index is 0.179. The molecule has 0 aliphatic carbocycles. The van der Waals surface area contributed by atoms with Crippen molar-refractivity contribution in [3.8, 4) is 0 Å². The second kappa shape index (κ2) is 4.45. The number of nitrogens with one attached hydrogen (secondary N) is 2. The molecule has 70 valence electrons. The maximum atomic E-state index is 11.5. The summed E-state index contributed by atoms with van der Waals surface area (Å²) in [7, 11) is 0. The van der Waals surface area contributed by atoms with Crippen LogP contribution in [0.2, 0.25) is 0 Å². The largest absolute Gasteiger partial charge is 0.356 e. The molecule has 0 aromatic heterocycles. The van der Waals surface area contributed by atoms with Gasteiger partial charge in [0, 0.05) is 12.6 Å². The van der Waals surface area contributed by atoms with Crippen LogP contribution in [0.5, 0.6) is 0 Å². The molecule has 0 aromatic rings. The second-order valence-corrected chi connectivity index (χ2v) is 3.39. The minimum Gasteiger partial charge on any atom is -0.356 e. The molecular formula is C9H18N2O. The zero-order valence-corrected chi connectivity index (χ0v) is 7.89. The fourth-order valence-electron chi connectivity index (χ4n) is 1.71. The van der Waals surface area contributed by atoms with E-state index in [4.69, 9.17) is 0 Å². The van der Waals surface area contributed by atoms with Gasteiger partial charge in [-0.2, -0.15) is 0 Å². The highest BCUT2D eigenvalue weighted by Crippen LogP contribution is 2.15. The lowest BCUT2D eigenvalue weighted by Crippen LogP contribution is -2.46. The van der Waals surface area contributed by atoms with E-state index in [9.17, 15) is 4.79 Å². The number of rotatable bonds is 2. The van der Waals surface area contributed by atoms with Crippen LogP contribution in [-0.2, 0) is 4.79 Å². The Labute approximate surface area is 73.9 Å². The SMILES string of the molecule is CCNC(=O)[C@@H]1CCCN[C@H]1C. The van der Waals surface area contributed by atoms with Crippen molar-refractivity contribution in [2.75, 3.05) is 13.1 Å². The van der Waals surface area contributed by atoms with E-state index in [1.165, 1.54) is 0 Å². The maximum absolute atomic E-state index is 11.5. The first-order valence-electron chi connectivity index (χ1n) is 4.76. The Morgan fingerprint density at radius 1 is 1.67 bits per heavy atom. The predicted molar refractivity (Wildman–Crippen MR) is 48.9 cm³/mol. The summed E-state index contributed by atoms with van der Waals surface area (Å²) in [6.45, 7) is 5.83. The lowest BCUT2D eigenvalue weighted by molar-refractivity contribution is -0.126. The molecule has 0 saturated carbocycles. The summed E-state index contributed by atoms with van der Waals surface area (Å²) < 4.78 is 0. The zero-order chi connectivity index (χ0) is 8.97. The lowest BCUT2D eigenvalue weighted by Gasteiger charge is -2.28. The highest BCUT2D eigenvalue weighted by molar-refractivity contribution is 5.79. The first-order valence-corrected chi connectivity index (χ1v) is 4.76. The maximum Gasteiger partial charge on any atom is 0.224 e. The van der Waals surface area contributed by atoms with E-state index in [1.807, 2.05) is 6.92 Å². The molecule has 1 aliphatic heterocycles. The molecule has 2 N–H and O–H groups in total. The molecule has 1 aliphatic rings. The molecule has 3 nitrogen and oxygen atoms in total. The Balaban J connectivity index is 2.42. The normalized spacial score (nSPS) is 29.8. The average molecular weight is 170 g/mol. The summed E-state index contributed by atoms with van der Waals surface area (Å²) in [6, 6.07) is 0.338. The third-order valence-electron chi connectivity index (χ3n) is 2.45. The van der Waals surface area contributed by atoms with Crippen LogP contribution in [-0.4, -0.2) is 25.0 Å². The van der Waals surface area contributed by atoms with Crippen molar-refractivity contribution < 1.29 is 4.79 Å². The van der Waals surface area contributed by atoms with Crippen LogP contribution in [0, 0.1) is 5.92 Å². The van der Waals surface area contributed by atoms with Crippen LogP contribution in [0.1, 0.15) is 26.7 Å². The predicted octanol–water partition coefficient (Wildman–Crippen LogP) is 0.511. The highest BCUT2D eigenvalue weighted by Gasteiger charge is 2.26. The molecule has 0 bridgehead atoms. The summed E-state index contributed by atoms with van der Waals surface area (Å²) in [4.78, 5) is 11.5. The smallest absolute Gasteiger partial charge is 0.224 e. The van der Waals surface area contributed by atoms with E-state index in [0.29, 0.717) is 6.04 Å². The van der Waals surface area contributed by atoms with Gasteiger partial charge in [0.15, 0.2) is 0 Å². The molecule has 3 heteroatoms. The number of carbonyl (C=O) groups is 1. The van der Waals surface area contributed by atoms with Crippen LogP contribution < -0.4 is 10.6 Å². The lowest BCUT2D eigenvalue weighted by atomic mass is 9.91. The van der Waals surface area contributed by atoms with Gasteiger partial charge in [-0.15, -0.1) is 0 Å². The molecule has 0 radical (unpaired) electrons. The summed E-state index contributed by atoms with van der Waals surface area (Å²) in [5.41, 5.74) is 0. The molecule has 0 aromatic carbocycles. The van der Waals surface area contributed by atoms with E-state index >= 15 is 0 Å². The third-order valence-corrected chi connectivity index (χ3v) is 2.45. The number of piperidine rings is 1. The fraction of sp³-hybridized carbons (Fsp3) is 0.889. The van der Waals surface area contributed by atoms with E-state index in [2.05, 4.69) is 17.6 Å². The van der Waals surface area contributed by atoms with Crippen LogP contribution >= 0.6 is 0 Å². The van der Waals surface area contributed by atoms with Crippen molar-refractivity contribution in [2.45, 2.75) is 32.7 Å². The van der Waals surface area contributed by atoms with Gasteiger partial charge >= 0.3 is 0 Å². The standard InChI is InChI=1S/C9H18N2O/c1-3-10-9(12)8-5-4-6-11-7(8)2/h7-8,11H,3-6H2,1-2H3,(H,10,12)/t7-,8+/m0/s1. The van der Waals surface area contributed by atoms with Gasteiger partial charge in [-0.25, -0.2) is 0 Å². The summed E-state index contributed by atoms with van der Waals surface area (Å²) >= 11 is 0. The highest BCUT2D eigenvalue weighted by atomic mass is 16.1. The van der Waals surface area contributed by atoms with Gasteiger partial charge in [0.25, 0.3) is 0 Å². The monoisotopic (exact) mass is 170 g/mol. The summed E-state index contributed by atoms with van der Waals surface area (Å²) in [5, 5.41) is 6.18. The van der Waals surface area contributed by atoms with Gasteiger partial charge in [0.05, 0.1) is 5.92 Å². The van der Waals surface area contributed by atoms with Gasteiger partial charge in [-0.1, -0.05) is 0 Å². The van der Waals surface area contributed by atoms with Crippen molar-refractivity contribution in [3.63, 3.8) is 0 Å². The fourth-order valence-corrected chi connectivity index (χ4v) is 1.71. The Morgan fingerprint density at radius 2 is 2.42 bits per heavy atom. The molecule has 2 atom stereocenters. The quantitative estimate of drug-likeness (QED) is 0.634. The van der Waals surface area contributed by atoms with E-state index in [-0.39, 0.29) is 11.8 Å². The van der Waals surface area contributed by atoms with Gasteiger partial charge in [-0.05, 0) is 33.2 Å². The minimum absolute atomic E-state index is 0.179. The molecule has 1 amide bonds. The van der Waals surface area contributed by atoms with Crippen LogP contribution in [0.25, 0.3) is 0 Å². The number of hydrogen-bond acceptors (Lipinski definition) is 2. The van der Waals surface area contributed by atoms with Crippen molar-refractivity contribution in [3.05, 3.63) is 0 Å². The topological polar surface area (TPSA) is 41.1 Å². The van der Waals surface area contributed by atoms with E-state index in [1.54, 1.807) is 0 Å². The van der Waals surface area contributed by atoms with Crippen molar-refractivity contribution >= 4 is 5.91 Å². The molecule has 0 unspecified atom stereocenters. The van der Waals surface area contributed by atoms with E-state index in [0.717, 1.165) is 25.9 Å². The van der Waals surface area contributed by atoms with E-state index < -0.39 is 0 Å². The summed E-state index contributed by atoms with van der Waals surface area (Å²) in [5.74, 6) is 0.385. The van der Waals surface area contributed by atoms with Crippen LogP contribution in [0.4, 0.5) is 0 Å². The van der Waals surface area contributed by atoms with Crippen LogP contribution in [0.3, 0.4) is 0 Å². The molecule has 1 heterocycles. The Hall–Kier alpha value is -0.570. The number of amides is 1. The van der Waals surface area contributed by atoms with Gasteiger partial charge in [0.2, 0.25) is 5.91 Å². The first-order chi connectivity index (χ1) is 5.75. The third kappa shape index (κ3) is 2.21. The first kappa shape index (κ1) is 9.52.